The summed E-state index contributed by atoms with van der Waals surface area (Å²) in [6.45, 7) is 3.87. The fourth-order valence-corrected chi connectivity index (χ4v) is 2.45. The van der Waals surface area contributed by atoms with Crippen LogP contribution in [0.15, 0.2) is 30.3 Å². The lowest BCUT2D eigenvalue weighted by molar-refractivity contribution is 0.417. The highest BCUT2D eigenvalue weighted by molar-refractivity contribution is 7.80. The molecule has 0 unspecified atom stereocenters. The Labute approximate surface area is 145 Å². The van der Waals surface area contributed by atoms with Crippen LogP contribution in [0.3, 0.4) is 0 Å². The average molecular weight is 355 g/mol. The van der Waals surface area contributed by atoms with Crippen LogP contribution < -0.4 is 15.4 Å². The van der Waals surface area contributed by atoms with E-state index in [1.807, 2.05) is 38.1 Å². The van der Waals surface area contributed by atoms with E-state index in [9.17, 15) is 0 Å². The zero-order valence-corrected chi connectivity index (χ0v) is 14.8. The second-order valence-corrected chi connectivity index (χ2v) is 6.07. The van der Waals surface area contributed by atoms with Gasteiger partial charge in [-0.25, -0.2) is 0 Å². The zero-order chi connectivity index (χ0) is 16.3. The SMILES string of the molecule is COc1cc(Cl)c(C)cc1NC(=S)Nc1ccc(C)c(Cl)c1. The second-order valence-electron chi connectivity index (χ2n) is 4.84. The van der Waals surface area contributed by atoms with Gasteiger partial charge < -0.3 is 15.4 Å². The first-order valence-electron chi connectivity index (χ1n) is 6.59. The highest BCUT2D eigenvalue weighted by atomic mass is 35.5. The van der Waals surface area contributed by atoms with E-state index in [0.29, 0.717) is 20.9 Å². The van der Waals surface area contributed by atoms with Crippen LogP contribution in [0.2, 0.25) is 10.0 Å². The molecular weight excluding hydrogens is 339 g/mol. The second kappa shape index (κ2) is 7.18. The van der Waals surface area contributed by atoms with Gasteiger partial charge >= 0.3 is 0 Å². The molecule has 0 aliphatic rings. The number of halogens is 2. The third kappa shape index (κ3) is 4.03. The van der Waals surface area contributed by atoms with Gasteiger partial charge in [0.15, 0.2) is 5.11 Å². The maximum Gasteiger partial charge on any atom is 0.175 e. The molecule has 2 N–H and O–H groups in total. The number of anilines is 2. The molecule has 3 nitrogen and oxygen atoms in total. The molecule has 2 aromatic rings. The Morgan fingerprint density at radius 3 is 2.32 bits per heavy atom. The molecule has 6 heteroatoms. The molecule has 0 saturated carbocycles. The number of ether oxygens (including phenoxy) is 1. The van der Waals surface area contributed by atoms with E-state index in [-0.39, 0.29) is 0 Å². The quantitative estimate of drug-likeness (QED) is 0.720. The zero-order valence-electron chi connectivity index (χ0n) is 12.5. The smallest absolute Gasteiger partial charge is 0.175 e. The van der Waals surface area contributed by atoms with Crippen molar-refractivity contribution in [2.24, 2.45) is 0 Å². The predicted molar refractivity (Wildman–Crippen MR) is 98.8 cm³/mol. The van der Waals surface area contributed by atoms with Crippen LogP contribution in [0.25, 0.3) is 0 Å². The number of hydrogen-bond acceptors (Lipinski definition) is 2. The first kappa shape index (κ1) is 16.9. The molecule has 0 aliphatic heterocycles. The van der Waals surface area contributed by atoms with Crippen LogP contribution in [0.5, 0.6) is 5.75 Å². The maximum absolute atomic E-state index is 6.11. The summed E-state index contributed by atoms with van der Waals surface area (Å²) in [4.78, 5) is 0. The molecule has 0 heterocycles. The van der Waals surface area contributed by atoms with Gasteiger partial charge in [0.2, 0.25) is 0 Å². The third-order valence-corrected chi connectivity index (χ3v) is 4.18. The van der Waals surface area contributed by atoms with Crippen molar-refractivity contribution in [3.8, 4) is 5.75 Å². The Morgan fingerprint density at radius 2 is 1.68 bits per heavy atom. The van der Waals surface area contributed by atoms with Gasteiger partial charge in [-0.2, -0.15) is 0 Å². The first-order valence-corrected chi connectivity index (χ1v) is 7.75. The number of thiocarbonyl (C=S) groups is 1. The van der Waals surface area contributed by atoms with Crippen molar-refractivity contribution in [2.45, 2.75) is 13.8 Å². The van der Waals surface area contributed by atoms with E-state index in [2.05, 4.69) is 10.6 Å². The van der Waals surface area contributed by atoms with E-state index in [1.54, 1.807) is 13.2 Å². The van der Waals surface area contributed by atoms with Crippen LogP contribution in [-0.4, -0.2) is 12.2 Å². The van der Waals surface area contributed by atoms with Crippen molar-refractivity contribution in [1.82, 2.24) is 0 Å². The van der Waals surface area contributed by atoms with E-state index in [0.717, 1.165) is 22.5 Å². The molecule has 0 radical (unpaired) electrons. The molecule has 116 valence electrons. The minimum absolute atomic E-state index is 0.444. The lowest BCUT2D eigenvalue weighted by Crippen LogP contribution is -2.19. The van der Waals surface area contributed by atoms with Gasteiger partial charge in [-0.15, -0.1) is 0 Å². The molecule has 0 fully saturated rings. The van der Waals surface area contributed by atoms with E-state index >= 15 is 0 Å². The summed E-state index contributed by atoms with van der Waals surface area (Å²) in [5.74, 6) is 0.627. The molecule has 0 amide bonds. The van der Waals surface area contributed by atoms with Crippen molar-refractivity contribution in [3.05, 3.63) is 51.5 Å². The van der Waals surface area contributed by atoms with E-state index < -0.39 is 0 Å². The predicted octanol–water partition coefficient (Wildman–Crippen LogP) is 5.43. The maximum atomic E-state index is 6.11. The molecule has 0 saturated heterocycles. The number of benzene rings is 2. The van der Waals surface area contributed by atoms with Gasteiger partial charge in [0.1, 0.15) is 5.75 Å². The van der Waals surface area contributed by atoms with Crippen LogP contribution in [-0.2, 0) is 0 Å². The molecular formula is C16H16Cl2N2OS. The summed E-state index contributed by atoms with van der Waals surface area (Å²) in [7, 11) is 1.59. The third-order valence-electron chi connectivity index (χ3n) is 3.16. The average Bonchev–Trinajstić information content (AvgIpc) is 2.46. The largest absolute Gasteiger partial charge is 0.495 e. The molecule has 0 spiro atoms. The van der Waals surface area contributed by atoms with Gasteiger partial charge in [0.05, 0.1) is 12.8 Å². The Kier molecular flexibility index (Phi) is 5.51. The van der Waals surface area contributed by atoms with Crippen LogP contribution in [0.4, 0.5) is 11.4 Å². The molecule has 0 bridgehead atoms. The molecule has 0 atom stereocenters. The highest BCUT2D eigenvalue weighted by Crippen LogP contribution is 2.31. The highest BCUT2D eigenvalue weighted by Gasteiger charge is 2.09. The van der Waals surface area contributed by atoms with Crippen molar-refractivity contribution in [2.75, 3.05) is 17.7 Å². The number of aryl methyl sites for hydroxylation is 2. The minimum atomic E-state index is 0.444. The summed E-state index contributed by atoms with van der Waals surface area (Å²) >= 11 is 17.5. The number of methoxy groups -OCH3 is 1. The van der Waals surface area contributed by atoms with Crippen molar-refractivity contribution >= 4 is 51.9 Å². The van der Waals surface area contributed by atoms with Gasteiger partial charge in [0.25, 0.3) is 0 Å². The van der Waals surface area contributed by atoms with Crippen LogP contribution in [0.1, 0.15) is 11.1 Å². The van der Waals surface area contributed by atoms with Crippen molar-refractivity contribution in [1.29, 1.82) is 0 Å². The Hall–Kier alpha value is -1.49. The first-order chi connectivity index (χ1) is 10.4. The monoisotopic (exact) mass is 354 g/mol. The van der Waals surface area contributed by atoms with Gasteiger partial charge in [-0.3, -0.25) is 0 Å². The van der Waals surface area contributed by atoms with Crippen molar-refractivity contribution in [3.63, 3.8) is 0 Å². The Morgan fingerprint density at radius 1 is 1.00 bits per heavy atom. The summed E-state index contributed by atoms with van der Waals surface area (Å²) in [5.41, 5.74) is 3.52. The lowest BCUT2D eigenvalue weighted by atomic mass is 10.2. The Balaban J connectivity index is 2.15. The number of rotatable bonds is 3. The Bertz CT molecular complexity index is 720. The molecule has 2 aromatic carbocycles. The topological polar surface area (TPSA) is 33.3 Å². The van der Waals surface area contributed by atoms with Gasteiger partial charge in [-0.1, -0.05) is 29.3 Å². The lowest BCUT2D eigenvalue weighted by Gasteiger charge is -2.15. The summed E-state index contributed by atoms with van der Waals surface area (Å²) in [6.07, 6.45) is 0. The fraction of sp³-hybridized carbons (Fsp3) is 0.188. The summed E-state index contributed by atoms with van der Waals surface area (Å²) in [6, 6.07) is 9.32. The van der Waals surface area contributed by atoms with E-state index in [1.165, 1.54) is 0 Å². The number of hydrogen-bond donors (Lipinski definition) is 2. The van der Waals surface area contributed by atoms with Gasteiger partial charge in [-0.05, 0) is 55.4 Å². The van der Waals surface area contributed by atoms with Crippen LogP contribution in [0, 0.1) is 13.8 Å². The van der Waals surface area contributed by atoms with Crippen molar-refractivity contribution < 1.29 is 4.74 Å². The standard InChI is InChI=1S/C16H16Cl2N2OS/c1-9-4-5-11(7-12(9)17)19-16(22)20-14-6-10(2)13(18)8-15(14)21-3/h4-8H,1-3H3,(H2,19,20,22). The minimum Gasteiger partial charge on any atom is -0.495 e. The number of nitrogens with one attached hydrogen (secondary N) is 2. The van der Waals surface area contributed by atoms with Gasteiger partial charge in [0, 0.05) is 21.8 Å². The molecule has 0 aliphatic carbocycles. The normalized spacial score (nSPS) is 10.2. The fourth-order valence-electron chi connectivity index (χ4n) is 1.89. The van der Waals surface area contributed by atoms with E-state index in [4.69, 9.17) is 40.2 Å². The summed E-state index contributed by atoms with van der Waals surface area (Å²) < 4.78 is 5.31. The molecule has 2 rings (SSSR count). The molecule has 22 heavy (non-hydrogen) atoms. The summed E-state index contributed by atoms with van der Waals surface area (Å²) in [5, 5.41) is 7.97. The van der Waals surface area contributed by atoms with Crippen LogP contribution >= 0.6 is 35.4 Å². The molecule has 0 aromatic heterocycles.